The number of carbonyl (C=O) groups excluding carboxylic acids is 2. The summed E-state index contributed by atoms with van der Waals surface area (Å²) in [6, 6.07) is 12.3. The quantitative estimate of drug-likeness (QED) is 0.679. The number of thioether (sulfide) groups is 1. The number of halogens is 1. The number of hydrogen-bond acceptors (Lipinski definition) is 5. The number of aliphatic carboxylic acids is 1. The highest BCUT2D eigenvalue weighted by Crippen LogP contribution is 2.35. The van der Waals surface area contributed by atoms with Gasteiger partial charge >= 0.3 is 5.97 Å². The molecule has 1 atom stereocenters. The van der Waals surface area contributed by atoms with Crippen LogP contribution >= 0.6 is 11.8 Å². The highest BCUT2D eigenvalue weighted by Gasteiger charge is 2.35. The molecule has 8 heteroatoms. The van der Waals surface area contributed by atoms with E-state index in [4.69, 9.17) is 4.74 Å². The summed E-state index contributed by atoms with van der Waals surface area (Å²) in [6.07, 6.45) is 0.773. The Bertz CT molecular complexity index is 973. The first-order chi connectivity index (χ1) is 13.9. The fourth-order valence-corrected chi connectivity index (χ4v) is 3.55. The molecular weight excluding hydrogens is 397 g/mol. The molecule has 1 N–H and O–H groups in total. The maximum atomic E-state index is 13.1. The second-order valence-corrected chi connectivity index (χ2v) is 7.28. The molecule has 150 valence electrons. The van der Waals surface area contributed by atoms with Crippen LogP contribution < -0.4 is 4.74 Å². The van der Waals surface area contributed by atoms with Crippen LogP contribution in [0.3, 0.4) is 0 Å². The van der Waals surface area contributed by atoms with E-state index < -0.39 is 29.0 Å². The van der Waals surface area contributed by atoms with Gasteiger partial charge in [0.25, 0.3) is 11.1 Å². The van der Waals surface area contributed by atoms with Crippen molar-refractivity contribution in [3.8, 4) is 5.75 Å². The molecule has 2 aromatic carbocycles. The summed E-state index contributed by atoms with van der Waals surface area (Å²) in [5.41, 5.74) is 1.13. The van der Waals surface area contributed by atoms with E-state index in [-0.39, 0.29) is 17.9 Å². The number of benzene rings is 2. The smallest absolute Gasteiger partial charge is 0.344 e. The van der Waals surface area contributed by atoms with Gasteiger partial charge < -0.3 is 9.84 Å². The monoisotopic (exact) mass is 415 g/mol. The van der Waals surface area contributed by atoms with E-state index in [0.29, 0.717) is 16.9 Å². The fraction of sp³-hybridized carbons (Fsp3) is 0.190. The molecular formula is C21H18FNO5S. The van der Waals surface area contributed by atoms with Gasteiger partial charge in [0.15, 0.2) is 6.10 Å². The lowest BCUT2D eigenvalue weighted by Crippen LogP contribution is -2.27. The number of para-hydroxylation sites is 1. The number of carboxylic acids is 1. The summed E-state index contributed by atoms with van der Waals surface area (Å²) < 4.78 is 18.6. The Labute approximate surface area is 171 Å². The van der Waals surface area contributed by atoms with Crippen LogP contribution in [0.25, 0.3) is 6.08 Å². The minimum atomic E-state index is -1.08. The molecule has 1 fully saturated rings. The molecule has 1 unspecified atom stereocenters. The van der Waals surface area contributed by atoms with Crippen molar-refractivity contribution in [2.45, 2.75) is 26.0 Å². The Morgan fingerprint density at radius 3 is 2.55 bits per heavy atom. The molecule has 0 aromatic heterocycles. The van der Waals surface area contributed by atoms with Crippen molar-refractivity contribution < 1.29 is 28.6 Å². The van der Waals surface area contributed by atoms with E-state index in [0.717, 1.165) is 16.7 Å². The van der Waals surface area contributed by atoms with E-state index in [1.165, 1.54) is 30.3 Å². The predicted molar refractivity (Wildman–Crippen MR) is 107 cm³/mol. The average Bonchev–Trinajstić information content (AvgIpc) is 2.96. The minimum Gasteiger partial charge on any atom is -0.479 e. The second-order valence-electron chi connectivity index (χ2n) is 6.29. The second kappa shape index (κ2) is 8.91. The molecule has 1 heterocycles. The number of carbonyl (C=O) groups is 3. The van der Waals surface area contributed by atoms with Gasteiger partial charge in [-0.1, -0.05) is 37.3 Å². The third-order valence-corrected chi connectivity index (χ3v) is 5.16. The summed E-state index contributed by atoms with van der Waals surface area (Å²) in [5, 5.41) is 8.78. The molecule has 3 rings (SSSR count). The zero-order valence-electron chi connectivity index (χ0n) is 15.5. The number of amides is 2. The van der Waals surface area contributed by atoms with E-state index >= 15 is 0 Å². The van der Waals surface area contributed by atoms with Crippen LogP contribution in [0.1, 0.15) is 24.5 Å². The largest absolute Gasteiger partial charge is 0.479 e. The standard InChI is InChI=1S/C21H18FNO5S/c1-2-16(20(25)26)28-17-6-4-3-5-14(17)11-18-19(24)23(21(27)29-18)12-13-7-9-15(22)10-8-13/h3-11,16H,2,12H2,1H3,(H,25,26)/b18-11+. The normalized spacial score (nSPS) is 16.3. The maximum absolute atomic E-state index is 13.1. The summed E-state index contributed by atoms with van der Waals surface area (Å²) in [6.45, 7) is 1.74. The topological polar surface area (TPSA) is 83.9 Å². The molecule has 0 radical (unpaired) electrons. The third-order valence-electron chi connectivity index (χ3n) is 4.25. The maximum Gasteiger partial charge on any atom is 0.344 e. The third kappa shape index (κ3) is 4.83. The van der Waals surface area contributed by atoms with Crippen molar-refractivity contribution in [1.29, 1.82) is 0 Å². The van der Waals surface area contributed by atoms with Gasteiger partial charge in [-0.2, -0.15) is 0 Å². The molecule has 2 amide bonds. The van der Waals surface area contributed by atoms with Crippen LogP contribution in [0, 0.1) is 5.82 Å². The molecule has 1 saturated heterocycles. The number of hydrogen-bond donors (Lipinski definition) is 1. The Morgan fingerprint density at radius 1 is 1.21 bits per heavy atom. The average molecular weight is 415 g/mol. The summed E-state index contributed by atoms with van der Waals surface area (Å²) in [5.74, 6) is -1.63. The fourth-order valence-electron chi connectivity index (χ4n) is 2.72. The van der Waals surface area contributed by atoms with Crippen molar-refractivity contribution in [3.63, 3.8) is 0 Å². The first-order valence-electron chi connectivity index (χ1n) is 8.87. The molecule has 1 aliphatic heterocycles. The molecule has 0 bridgehead atoms. The molecule has 0 saturated carbocycles. The molecule has 0 aliphatic carbocycles. The number of ether oxygens (including phenoxy) is 1. The van der Waals surface area contributed by atoms with Gasteiger partial charge in [-0.25, -0.2) is 9.18 Å². The van der Waals surface area contributed by atoms with Crippen LogP contribution in [0.5, 0.6) is 5.75 Å². The number of carboxylic acid groups (broad SMARTS) is 1. The van der Waals surface area contributed by atoms with Gasteiger partial charge in [0.05, 0.1) is 11.4 Å². The van der Waals surface area contributed by atoms with Crippen molar-refractivity contribution >= 4 is 35.0 Å². The van der Waals surface area contributed by atoms with Crippen LogP contribution in [0.15, 0.2) is 53.4 Å². The molecule has 2 aromatic rings. The van der Waals surface area contributed by atoms with Gasteiger partial charge in [-0.05, 0) is 48.0 Å². The van der Waals surface area contributed by atoms with Crippen molar-refractivity contribution in [3.05, 3.63) is 70.4 Å². The molecule has 0 spiro atoms. The van der Waals surface area contributed by atoms with E-state index in [2.05, 4.69) is 0 Å². The zero-order valence-corrected chi connectivity index (χ0v) is 16.3. The zero-order chi connectivity index (χ0) is 21.0. The Balaban J connectivity index is 1.82. The Hall–Kier alpha value is -3.13. The van der Waals surface area contributed by atoms with Crippen LogP contribution in [0.4, 0.5) is 9.18 Å². The van der Waals surface area contributed by atoms with E-state index in [9.17, 15) is 23.9 Å². The number of imide groups is 1. The first kappa shape index (κ1) is 20.6. The minimum absolute atomic E-state index is 0.0390. The number of nitrogens with zero attached hydrogens (tertiary/aromatic N) is 1. The highest BCUT2D eigenvalue weighted by molar-refractivity contribution is 8.18. The van der Waals surface area contributed by atoms with Crippen LogP contribution in [0.2, 0.25) is 0 Å². The predicted octanol–water partition coefficient (Wildman–Crippen LogP) is 4.30. The lowest BCUT2D eigenvalue weighted by atomic mass is 10.1. The van der Waals surface area contributed by atoms with Gasteiger partial charge in [0.1, 0.15) is 11.6 Å². The van der Waals surface area contributed by atoms with Crippen LogP contribution in [-0.4, -0.2) is 33.2 Å². The Morgan fingerprint density at radius 2 is 1.90 bits per heavy atom. The van der Waals surface area contributed by atoms with Crippen molar-refractivity contribution in [1.82, 2.24) is 4.90 Å². The lowest BCUT2D eigenvalue weighted by molar-refractivity contribution is -0.145. The van der Waals surface area contributed by atoms with Gasteiger partial charge in [-0.15, -0.1) is 0 Å². The van der Waals surface area contributed by atoms with Crippen molar-refractivity contribution in [2.75, 3.05) is 0 Å². The van der Waals surface area contributed by atoms with Gasteiger partial charge in [0.2, 0.25) is 0 Å². The molecule has 1 aliphatic rings. The lowest BCUT2D eigenvalue weighted by Gasteiger charge is -2.15. The highest BCUT2D eigenvalue weighted by atomic mass is 32.2. The van der Waals surface area contributed by atoms with E-state index in [1.807, 2.05) is 0 Å². The molecule has 29 heavy (non-hydrogen) atoms. The molecule has 6 nitrogen and oxygen atoms in total. The summed E-state index contributed by atoms with van der Waals surface area (Å²) >= 11 is 0.791. The van der Waals surface area contributed by atoms with E-state index in [1.54, 1.807) is 31.2 Å². The SMILES string of the molecule is CCC(Oc1ccccc1/C=C1/SC(=O)N(Cc2ccc(F)cc2)C1=O)C(=O)O. The van der Waals surface area contributed by atoms with Gasteiger partial charge in [0, 0.05) is 5.56 Å². The van der Waals surface area contributed by atoms with Gasteiger partial charge in [-0.3, -0.25) is 14.5 Å². The summed E-state index contributed by atoms with van der Waals surface area (Å²) in [4.78, 5) is 37.5. The Kier molecular flexibility index (Phi) is 6.33. The van der Waals surface area contributed by atoms with Crippen molar-refractivity contribution in [2.24, 2.45) is 0 Å². The summed E-state index contributed by atoms with van der Waals surface area (Å²) in [7, 11) is 0. The number of rotatable bonds is 7. The first-order valence-corrected chi connectivity index (χ1v) is 9.69. The van der Waals surface area contributed by atoms with Crippen LogP contribution in [-0.2, 0) is 16.1 Å².